The molecule has 25 heavy (non-hydrogen) atoms. The smallest absolute Gasteiger partial charge is 0.251 e. The van der Waals surface area contributed by atoms with Gasteiger partial charge in [0.1, 0.15) is 0 Å². The molecule has 1 atom stereocenters. The van der Waals surface area contributed by atoms with E-state index in [-0.39, 0.29) is 12.5 Å². The number of nitrogens with one attached hydrogen (secondary N) is 1. The van der Waals surface area contributed by atoms with E-state index in [1.54, 1.807) is 7.11 Å². The van der Waals surface area contributed by atoms with E-state index in [1.807, 2.05) is 55.8 Å². The van der Waals surface area contributed by atoms with Gasteiger partial charge in [0.25, 0.3) is 5.91 Å². The standard InChI is InChI=1S/C19H27N3O3/c1-14-11-15(2)22(21-14)12-16-5-7-17(8-6-16)18(24)20-19(3,9-10-23)13-25-4/h5-8,11,23H,9-10,12-13H2,1-4H3,(H,20,24). The van der Waals surface area contributed by atoms with Crippen LogP contribution >= 0.6 is 0 Å². The molecule has 0 radical (unpaired) electrons. The van der Waals surface area contributed by atoms with Gasteiger partial charge in [-0.05, 0) is 51.0 Å². The number of benzene rings is 1. The third-order valence-electron chi connectivity index (χ3n) is 4.19. The van der Waals surface area contributed by atoms with Crippen LogP contribution in [0, 0.1) is 13.8 Å². The van der Waals surface area contributed by atoms with E-state index in [1.165, 1.54) is 0 Å². The second-order valence-electron chi connectivity index (χ2n) is 6.70. The van der Waals surface area contributed by atoms with E-state index in [9.17, 15) is 9.90 Å². The molecule has 0 saturated carbocycles. The average molecular weight is 345 g/mol. The third kappa shape index (κ3) is 5.14. The van der Waals surface area contributed by atoms with Crippen LogP contribution in [0.3, 0.4) is 0 Å². The predicted molar refractivity (Wildman–Crippen MR) is 96.7 cm³/mol. The maximum atomic E-state index is 12.5. The fraction of sp³-hybridized carbons (Fsp3) is 0.474. The Morgan fingerprint density at radius 2 is 2.00 bits per heavy atom. The number of aliphatic hydroxyl groups is 1. The zero-order valence-electron chi connectivity index (χ0n) is 15.4. The van der Waals surface area contributed by atoms with Gasteiger partial charge in [0.05, 0.1) is 24.4 Å². The van der Waals surface area contributed by atoms with E-state index in [4.69, 9.17) is 4.74 Å². The third-order valence-corrected chi connectivity index (χ3v) is 4.19. The maximum absolute atomic E-state index is 12.5. The van der Waals surface area contributed by atoms with Gasteiger partial charge in [0.2, 0.25) is 0 Å². The van der Waals surface area contributed by atoms with Crippen molar-refractivity contribution in [3.63, 3.8) is 0 Å². The molecule has 136 valence electrons. The number of amides is 1. The first-order valence-electron chi connectivity index (χ1n) is 8.39. The van der Waals surface area contributed by atoms with Gasteiger partial charge < -0.3 is 15.2 Å². The highest BCUT2D eigenvalue weighted by molar-refractivity contribution is 5.94. The molecule has 1 heterocycles. The highest BCUT2D eigenvalue weighted by Gasteiger charge is 2.26. The Labute approximate surface area is 148 Å². The topological polar surface area (TPSA) is 76.4 Å². The molecule has 2 aromatic rings. The lowest BCUT2D eigenvalue weighted by atomic mass is 9.98. The number of hydrogen-bond donors (Lipinski definition) is 2. The largest absolute Gasteiger partial charge is 0.396 e. The quantitative estimate of drug-likeness (QED) is 0.768. The highest BCUT2D eigenvalue weighted by atomic mass is 16.5. The SMILES string of the molecule is COCC(C)(CCO)NC(=O)c1ccc(Cn2nc(C)cc2C)cc1. The lowest BCUT2D eigenvalue weighted by Gasteiger charge is -2.29. The van der Waals surface area contributed by atoms with Crippen LogP contribution in [0.15, 0.2) is 30.3 Å². The monoisotopic (exact) mass is 345 g/mol. The minimum absolute atomic E-state index is 0.0122. The Balaban J connectivity index is 2.05. The van der Waals surface area contributed by atoms with Crippen molar-refractivity contribution in [1.29, 1.82) is 0 Å². The molecule has 2 rings (SSSR count). The molecule has 2 N–H and O–H groups in total. The minimum Gasteiger partial charge on any atom is -0.396 e. The van der Waals surface area contributed by atoms with E-state index in [2.05, 4.69) is 10.4 Å². The number of carbonyl (C=O) groups is 1. The van der Waals surface area contributed by atoms with Crippen molar-refractivity contribution in [3.05, 3.63) is 52.8 Å². The number of aliphatic hydroxyl groups excluding tert-OH is 1. The molecule has 0 aliphatic rings. The van der Waals surface area contributed by atoms with Crippen molar-refractivity contribution in [2.75, 3.05) is 20.3 Å². The molecule has 0 spiro atoms. The van der Waals surface area contributed by atoms with Gasteiger partial charge in [-0.1, -0.05) is 12.1 Å². The molecular weight excluding hydrogens is 318 g/mol. The molecule has 1 aromatic carbocycles. The molecule has 1 aromatic heterocycles. The fourth-order valence-corrected chi connectivity index (χ4v) is 2.85. The van der Waals surface area contributed by atoms with Crippen LogP contribution in [0.25, 0.3) is 0 Å². The Bertz CT molecular complexity index is 701. The minimum atomic E-state index is -0.594. The van der Waals surface area contributed by atoms with Crippen LogP contribution < -0.4 is 5.32 Å². The fourth-order valence-electron chi connectivity index (χ4n) is 2.85. The van der Waals surface area contributed by atoms with E-state index in [0.29, 0.717) is 25.1 Å². The van der Waals surface area contributed by atoms with Gasteiger partial charge in [0, 0.05) is 25.0 Å². The van der Waals surface area contributed by atoms with Crippen LogP contribution in [0.5, 0.6) is 0 Å². The molecule has 0 aliphatic heterocycles. The summed E-state index contributed by atoms with van der Waals surface area (Å²) >= 11 is 0. The molecule has 1 unspecified atom stereocenters. The molecule has 0 aliphatic carbocycles. The first kappa shape index (κ1) is 19.1. The summed E-state index contributed by atoms with van der Waals surface area (Å²) in [5.41, 5.74) is 3.17. The number of ether oxygens (including phenoxy) is 1. The second-order valence-corrected chi connectivity index (χ2v) is 6.70. The number of hydrogen-bond acceptors (Lipinski definition) is 4. The summed E-state index contributed by atoms with van der Waals surface area (Å²) < 4.78 is 7.11. The van der Waals surface area contributed by atoms with Crippen LogP contribution in [0.1, 0.15) is 40.7 Å². The lowest BCUT2D eigenvalue weighted by molar-refractivity contribution is 0.0725. The Morgan fingerprint density at radius 1 is 1.32 bits per heavy atom. The van der Waals surface area contributed by atoms with Crippen LogP contribution in [0.2, 0.25) is 0 Å². The molecule has 0 fully saturated rings. The summed E-state index contributed by atoms with van der Waals surface area (Å²) in [6, 6.07) is 9.53. The van der Waals surface area contributed by atoms with E-state index < -0.39 is 5.54 Å². The summed E-state index contributed by atoms with van der Waals surface area (Å²) in [5.74, 6) is -0.175. The summed E-state index contributed by atoms with van der Waals surface area (Å²) in [6.07, 6.45) is 0.433. The zero-order valence-corrected chi connectivity index (χ0v) is 15.4. The number of methoxy groups -OCH3 is 1. The van der Waals surface area contributed by atoms with Gasteiger partial charge in [-0.25, -0.2) is 0 Å². The van der Waals surface area contributed by atoms with Gasteiger partial charge in [-0.2, -0.15) is 5.10 Å². The van der Waals surface area contributed by atoms with Gasteiger partial charge in [-0.3, -0.25) is 9.48 Å². The van der Waals surface area contributed by atoms with Gasteiger partial charge in [-0.15, -0.1) is 0 Å². The first-order chi connectivity index (χ1) is 11.9. The normalized spacial score (nSPS) is 13.5. The summed E-state index contributed by atoms with van der Waals surface area (Å²) in [7, 11) is 1.58. The van der Waals surface area contributed by atoms with Crippen molar-refractivity contribution in [3.8, 4) is 0 Å². The number of nitrogens with zero attached hydrogens (tertiary/aromatic N) is 2. The number of aromatic nitrogens is 2. The van der Waals surface area contributed by atoms with Crippen molar-refractivity contribution in [1.82, 2.24) is 15.1 Å². The first-order valence-corrected chi connectivity index (χ1v) is 8.39. The van der Waals surface area contributed by atoms with E-state index >= 15 is 0 Å². The average Bonchev–Trinajstić information content (AvgIpc) is 2.85. The zero-order chi connectivity index (χ0) is 18.4. The van der Waals surface area contributed by atoms with Crippen molar-refractivity contribution >= 4 is 5.91 Å². The highest BCUT2D eigenvalue weighted by Crippen LogP contribution is 2.13. The van der Waals surface area contributed by atoms with Crippen molar-refractivity contribution < 1.29 is 14.6 Å². The van der Waals surface area contributed by atoms with Crippen LogP contribution in [-0.2, 0) is 11.3 Å². The Morgan fingerprint density at radius 3 is 2.52 bits per heavy atom. The lowest BCUT2D eigenvalue weighted by Crippen LogP contribution is -2.50. The molecular formula is C19H27N3O3. The van der Waals surface area contributed by atoms with Crippen molar-refractivity contribution in [2.24, 2.45) is 0 Å². The summed E-state index contributed by atoms with van der Waals surface area (Å²) in [5, 5.41) is 16.6. The molecule has 6 nitrogen and oxygen atoms in total. The van der Waals surface area contributed by atoms with Crippen LogP contribution in [-0.4, -0.2) is 46.7 Å². The van der Waals surface area contributed by atoms with Crippen LogP contribution in [0.4, 0.5) is 0 Å². The Kier molecular flexibility index (Phi) is 6.33. The van der Waals surface area contributed by atoms with Gasteiger partial charge >= 0.3 is 0 Å². The van der Waals surface area contributed by atoms with Crippen molar-refractivity contribution in [2.45, 2.75) is 39.3 Å². The summed E-state index contributed by atoms with van der Waals surface area (Å²) in [4.78, 5) is 12.5. The molecule has 6 heteroatoms. The predicted octanol–water partition coefficient (Wildman–Crippen LogP) is 2.07. The summed E-state index contributed by atoms with van der Waals surface area (Å²) in [6.45, 7) is 6.87. The molecule has 0 bridgehead atoms. The number of rotatable bonds is 8. The number of aryl methyl sites for hydroxylation is 2. The van der Waals surface area contributed by atoms with Gasteiger partial charge in [0.15, 0.2) is 0 Å². The maximum Gasteiger partial charge on any atom is 0.251 e. The molecule has 0 saturated heterocycles. The molecule has 1 amide bonds. The second kappa shape index (κ2) is 8.27. The number of carbonyl (C=O) groups excluding carboxylic acids is 1. The Hall–Kier alpha value is -2.18. The van der Waals surface area contributed by atoms with E-state index in [0.717, 1.165) is 17.0 Å².